The van der Waals surface area contributed by atoms with E-state index in [9.17, 15) is 8.78 Å². The molecule has 0 amide bonds. The van der Waals surface area contributed by atoms with Crippen molar-refractivity contribution in [3.8, 4) is 5.75 Å². The van der Waals surface area contributed by atoms with Gasteiger partial charge in [0.25, 0.3) is 0 Å². The Labute approximate surface area is 127 Å². The summed E-state index contributed by atoms with van der Waals surface area (Å²) < 4.78 is 33.3. The summed E-state index contributed by atoms with van der Waals surface area (Å²) in [6.45, 7) is 1.87. The van der Waals surface area contributed by atoms with E-state index in [4.69, 9.17) is 16.3 Å². The molecule has 0 bridgehead atoms. The minimum Gasteiger partial charge on any atom is -0.497 e. The van der Waals surface area contributed by atoms with Crippen LogP contribution in [-0.4, -0.2) is 14.2 Å². The van der Waals surface area contributed by atoms with Gasteiger partial charge in [0.2, 0.25) is 0 Å². The molecule has 0 aliphatic heterocycles. The molecular weight excluding hydrogens is 296 g/mol. The first-order valence-electron chi connectivity index (χ1n) is 6.44. The fourth-order valence-electron chi connectivity index (χ4n) is 2.22. The van der Waals surface area contributed by atoms with E-state index in [0.29, 0.717) is 10.6 Å². The van der Waals surface area contributed by atoms with E-state index >= 15 is 0 Å². The zero-order valence-corrected chi connectivity index (χ0v) is 12.8. The van der Waals surface area contributed by atoms with Crippen LogP contribution < -0.4 is 10.1 Å². The number of hydrogen-bond acceptors (Lipinski definition) is 2. The molecule has 1 unspecified atom stereocenters. The normalized spacial score (nSPS) is 12.3. The van der Waals surface area contributed by atoms with E-state index in [1.165, 1.54) is 19.2 Å². The van der Waals surface area contributed by atoms with Crippen molar-refractivity contribution in [2.75, 3.05) is 14.2 Å². The van der Waals surface area contributed by atoms with Gasteiger partial charge in [0.1, 0.15) is 17.4 Å². The van der Waals surface area contributed by atoms with Crippen molar-refractivity contribution in [3.63, 3.8) is 0 Å². The number of benzene rings is 2. The summed E-state index contributed by atoms with van der Waals surface area (Å²) in [4.78, 5) is 0. The minimum atomic E-state index is -0.664. The van der Waals surface area contributed by atoms with Crippen LogP contribution in [0.25, 0.3) is 0 Å². The maximum Gasteiger partial charge on any atom is 0.134 e. The lowest BCUT2D eigenvalue weighted by Crippen LogP contribution is -2.20. The summed E-state index contributed by atoms with van der Waals surface area (Å²) in [6, 6.07) is 7.03. The topological polar surface area (TPSA) is 21.3 Å². The quantitative estimate of drug-likeness (QED) is 0.911. The highest BCUT2D eigenvalue weighted by molar-refractivity contribution is 6.31. The number of halogens is 3. The lowest BCUT2D eigenvalue weighted by atomic mass is 9.96. The first-order valence-corrected chi connectivity index (χ1v) is 6.82. The van der Waals surface area contributed by atoms with Crippen molar-refractivity contribution in [1.29, 1.82) is 0 Å². The highest BCUT2D eigenvalue weighted by Gasteiger charge is 2.22. The fourth-order valence-corrected chi connectivity index (χ4v) is 2.41. The van der Waals surface area contributed by atoms with Crippen molar-refractivity contribution in [3.05, 3.63) is 63.7 Å². The molecular formula is C16H16ClF2NO. The van der Waals surface area contributed by atoms with Crippen molar-refractivity contribution >= 4 is 11.6 Å². The Morgan fingerprint density at radius 1 is 1.14 bits per heavy atom. The van der Waals surface area contributed by atoms with Crippen LogP contribution in [0.15, 0.2) is 30.3 Å². The molecule has 0 saturated heterocycles. The molecule has 2 nitrogen and oxygen atoms in total. The molecule has 21 heavy (non-hydrogen) atoms. The zero-order chi connectivity index (χ0) is 15.6. The number of methoxy groups -OCH3 is 1. The lowest BCUT2D eigenvalue weighted by molar-refractivity contribution is 0.403. The van der Waals surface area contributed by atoms with Gasteiger partial charge in [-0.25, -0.2) is 8.78 Å². The predicted octanol–water partition coefficient (Wildman–Crippen LogP) is 4.24. The molecule has 2 aromatic rings. The molecule has 1 atom stereocenters. The van der Waals surface area contributed by atoms with Crippen molar-refractivity contribution in [2.24, 2.45) is 0 Å². The average Bonchev–Trinajstić information content (AvgIpc) is 2.45. The smallest absolute Gasteiger partial charge is 0.134 e. The first kappa shape index (κ1) is 15.7. The maximum absolute atomic E-state index is 14.2. The highest BCUT2D eigenvalue weighted by atomic mass is 35.5. The summed E-state index contributed by atoms with van der Waals surface area (Å²) >= 11 is 6.09. The summed E-state index contributed by atoms with van der Waals surface area (Å²) in [6.07, 6.45) is 0. The SMILES string of the molecule is CNC(c1ccc(C)c(Cl)c1)c1c(F)cc(OC)cc1F. The molecule has 0 radical (unpaired) electrons. The number of aryl methyl sites for hydroxylation is 1. The minimum absolute atomic E-state index is 0.0572. The highest BCUT2D eigenvalue weighted by Crippen LogP contribution is 2.31. The largest absolute Gasteiger partial charge is 0.497 e. The molecule has 0 aromatic heterocycles. The maximum atomic E-state index is 14.2. The summed E-state index contributed by atoms with van der Waals surface area (Å²) in [5.74, 6) is -1.18. The molecule has 0 fully saturated rings. The van der Waals surface area contributed by atoms with Crippen LogP contribution in [0.4, 0.5) is 8.78 Å². The molecule has 0 saturated carbocycles. The second-order valence-electron chi connectivity index (χ2n) is 4.74. The van der Waals surface area contributed by atoms with Gasteiger partial charge >= 0.3 is 0 Å². The van der Waals surface area contributed by atoms with Crippen LogP contribution in [0.5, 0.6) is 5.75 Å². The Balaban J connectivity index is 2.53. The first-order chi connectivity index (χ1) is 9.97. The lowest BCUT2D eigenvalue weighted by Gasteiger charge is -2.20. The molecule has 112 valence electrons. The van der Waals surface area contributed by atoms with Gasteiger partial charge in [0.15, 0.2) is 0 Å². The van der Waals surface area contributed by atoms with E-state index < -0.39 is 17.7 Å². The van der Waals surface area contributed by atoms with E-state index in [2.05, 4.69) is 5.32 Å². The second-order valence-corrected chi connectivity index (χ2v) is 5.14. The number of rotatable bonds is 4. The third-order valence-electron chi connectivity index (χ3n) is 3.39. The standard InChI is InChI=1S/C16H16ClF2NO/c1-9-4-5-10(6-12(9)17)16(20-2)15-13(18)7-11(21-3)8-14(15)19/h4-8,16,20H,1-3H3. The molecule has 2 aromatic carbocycles. The van der Waals surface area contributed by atoms with Crippen LogP contribution in [0.2, 0.25) is 5.02 Å². The third-order valence-corrected chi connectivity index (χ3v) is 3.80. The average molecular weight is 312 g/mol. The number of nitrogens with one attached hydrogen (secondary N) is 1. The Kier molecular flexibility index (Phi) is 4.80. The molecule has 2 rings (SSSR count). The van der Waals surface area contributed by atoms with Crippen LogP contribution >= 0.6 is 11.6 Å². The van der Waals surface area contributed by atoms with Crippen molar-refractivity contribution in [2.45, 2.75) is 13.0 Å². The second kappa shape index (κ2) is 6.41. The Morgan fingerprint density at radius 2 is 1.76 bits per heavy atom. The van der Waals surface area contributed by atoms with Gasteiger partial charge in [-0.15, -0.1) is 0 Å². The predicted molar refractivity (Wildman–Crippen MR) is 80.0 cm³/mol. The Bertz CT molecular complexity index is 638. The number of ether oxygens (including phenoxy) is 1. The van der Waals surface area contributed by atoms with Crippen LogP contribution in [-0.2, 0) is 0 Å². The van der Waals surface area contributed by atoms with Crippen LogP contribution in [0.3, 0.4) is 0 Å². The van der Waals surface area contributed by atoms with Gasteiger partial charge < -0.3 is 10.1 Å². The van der Waals surface area contributed by atoms with E-state index in [0.717, 1.165) is 5.56 Å². The van der Waals surface area contributed by atoms with E-state index in [1.807, 2.05) is 13.0 Å². The Hall–Kier alpha value is -1.65. The number of hydrogen-bond donors (Lipinski definition) is 1. The van der Waals surface area contributed by atoms with Gasteiger partial charge in [-0.2, -0.15) is 0 Å². The molecule has 0 aliphatic carbocycles. The molecule has 5 heteroatoms. The van der Waals surface area contributed by atoms with Crippen LogP contribution in [0, 0.1) is 18.6 Å². The summed E-state index contributed by atoms with van der Waals surface area (Å²) in [7, 11) is 3.00. The molecule has 1 N–H and O–H groups in total. The molecule has 0 spiro atoms. The molecule has 0 aliphatic rings. The van der Waals surface area contributed by atoms with E-state index in [1.54, 1.807) is 19.2 Å². The molecule has 0 heterocycles. The van der Waals surface area contributed by atoms with E-state index in [-0.39, 0.29) is 11.3 Å². The fraction of sp³-hybridized carbons (Fsp3) is 0.250. The zero-order valence-electron chi connectivity index (χ0n) is 12.0. The van der Waals surface area contributed by atoms with Crippen molar-refractivity contribution in [1.82, 2.24) is 5.32 Å². The third kappa shape index (κ3) is 3.17. The van der Waals surface area contributed by atoms with Gasteiger partial charge in [-0.3, -0.25) is 0 Å². The summed E-state index contributed by atoms with van der Waals surface area (Å²) in [5.41, 5.74) is 1.54. The van der Waals surface area contributed by atoms with Crippen LogP contribution in [0.1, 0.15) is 22.7 Å². The van der Waals surface area contributed by atoms with Gasteiger partial charge in [-0.1, -0.05) is 23.7 Å². The monoisotopic (exact) mass is 311 g/mol. The van der Waals surface area contributed by atoms with Gasteiger partial charge in [-0.05, 0) is 31.2 Å². The summed E-state index contributed by atoms with van der Waals surface area (Å²) in [5, 5.41) is 3.48. The van der Waals surface area contributed by atoms with Crippen molar-refractivity contribution < 1.29 is 13.5 Å². The Morgan fingerprint density at radius 3 is 2.24 bits per heavy atom. The van der Waals surface area contributed by atoms with Gasteiger partial charge in [0.05, 0.1) is 13.2 Å². The van der Waals surface area contributed by atoms with Gasteiger partial charge in [0, 0.05) is 22.7 Å².